The third-order valence-corrected chi connectivity index (χ3v) is 5.64. The minimum absolute atomic E-state index is 0.131. The van der Waals surface area contributed by atoms with Crippen molar-refractivity contribution >= 4 is 51.2 Å². The van der Waals surface area contributed by atoms with Gasteiger partial charge in [0.2, 0.25) is 5.91 Å². The van der Waals surface area contributed by atoms with Crippen molar-refractivity contribution in [2.75, 3.05) is 13.7 Å². The number of carbonyl (C=O) groups is 3. The largest absolute Gasteiger partial charge is 0.493 e. The molecule has 1 heterocycles. The average Bonchev–Trinajstić information content (AvgIpc) is 3.23. The van der Waals surface area contributed by atoms with Gasteiger partial charge in [0.1, 0.15) is 6.04 Å². The second-order valence-corrected chi connectivity index (χ2v) is 8.96. The first-order valence-corrected chi connectivity index (χ1v) is 11.3. The molecule has 0 unspecified atom stereocenters. The number of hydrogen-bond acceptors (Lipinski definition) is 7. The third-order valence-electron chi connectivity index (χ3n) is 4.18. The van der Waals surface area contributed by atoms with E-state index < -0.39 is 17.9 Å². The van der Waals surface area contributed by atoms with Gasteiger partial charge in [-0.2, -0.15) is 5.10 Å². The molecule has 0 bridgehead atoms. The highest BCUT2D eigenvalue weighted by molar-refractivity contribution is 9.10. The van der Waals surface area contributed by atoms with Crippen LogP contribution in [0.5, 0.6) is 11.5 Å². The molecule has 2 aromatic rings. The molecular formula is C21H25BrN4O5S. The van der Waals surface area contributed by atoms with Gasteiger partial charge in [0.25, 0.3) is 11.8 Å². The molecular weight excluding hydrogens is 500 g/mol. The SMILES string of the molecule is COc1cc(C=NNC(=O)[C@H](NC(=O)Cc2cccs2)C(C)C)cc(Br)c1OCC(N)=O. The molecule has 32 heavy (non-hydrogen) atoms. The van der Waals surface area contributed by atoms with Crippen molar-refractivity contribution in [3.8, 4) is 11.5 Å². The number of methoxy groups -OCH3 is 1. The summed E-state index contributed by atoms with van der Waals surface area (Å²) in [6.07, 6.45) is 1.64. The van der Waals surface area contributed by atoms with Gasteiger partial charge in [0.15, 0.2) is 18.1 Å². The monoisotopic (exact) mass is 524 g/mol. The third kappa shape index (κ3) is 7.65. The zero-order valence-electron chi connectivity index (χ0n) is 17.9. The van der Waals surface area contributed by atoms with Crippen molar-refractivity contribution in [3.05, 3.63) is 44.6 Å². The number of benzene rings is 1. The Morgan fingerprint density at radius 1 is 1.31 bits per heavy atom. The maximum atomic E-state index is 12.6. The number of primary amides is 1. The highest BCUT2D eigenvalue weighted by atomic mass is 79.9. The van der Waals surface area contributed by atoms with Gasteiger partial charge >= 0.3 is 0 Å². The number of thiophene rings is 1. The fraction of sp³-hybridized carbons (Fsp3) is 0.333. The molecule has 1 aromatic carbocycles. The highest BCUT2D eigenvalue weighted by Gasteiger charge is 2.24. The molecule has 1 atom stereocenters. The van der Waals surface area contributed by atoms with Crippen LogP contribution in [0.2, 0.25) is 0 Å². The van der Waals surface area contributed by atoms with Crippen LogP contribution in [0.4, 0.5) is 0 Å². The van der Waals surface area contributed by atoms with Gasteiger partial charge in [-0.3, -0.25) is 14.4 Å². The van der Waals surface area contributed by atoms with E-state index in [2.05, 4.69) is 31.8 Å². The van der Waals surface area contributed by atoms with Crippen molar-refractivity contribution in [1.82, 2.24) is 10.7 Å². The van der Waals surface area contributed by atoms with Crippen LogP contribution in [0.1, 0.15) is 24.3 Å². The van der Waals surface area contributed by atoms with E-state index >= 15 is 0 Å². The van der Waals surface area contributed by atoms with Gasteiger partial charge in [-0.1, -0.05) is 19.9 Å². The first-order valence-electron chi connectivity index (χ1n) is 9.64. The Bertz CT molecular complexity index is 979. The minimum atomic E-state index is -0.731. The van der Waals surface area contributed by atoms with E-state index in [1.54, 1.807) is 12.1 Å². The number of carbonyl (C=O) groups excluding carboxylic acids is 3. The first kappa shape index (κ1) is 25.3. The van der Waals surface area contributed by atoms with Crippen LogP contribution in [0, 0.1) is 5.92 Å². The summed E-state index contributed by atoms with van der Waals surface area (Å²) in [6, 6.07) is 6.32. The quantitative estimate of drug-likeness (QED) is 0.306. The molecule has 11 heteroatoms. The second kappa shape index (κ2) is 12.2. The fourth-order valence-corrected chi connectivity index (χ4v) is 3.95. The predicted octanol–water partition coefficient (Wildman–Crippen LogP) is 2.22. The molecule has 0 aliphatic carbocycles. The number of nitrogens with two attached hydrogens (primary N) is 1. The van der Waals surface area contributed by atoms with E-state index in [9.17, 15) is 14.4 Å². The van der Waals surface area contributed by atoms with Crippen molar-refractivity contribution in [1.29, 1.82) is 0 Å². The number of rotatable bonds is 11. The zero-order chi connectivity index (χ0) is 23.7. The summed E-state index contributed by atoms with van der Waals surface area (Å²) in [6.45, 7) is 3.38. The van der Waals surface area contributed by atoms with Crippen LogP contribution in [0.25, 0.3) is 0 Å². The first-order chi connectivity index (χ1) is 15.2. The van der Waals surface area contributed by atoms with Crippen LogP contribution in [0.15, 0.2) is 39.2 Å². The lowest BCUT2D eigenvalue weighted by atomic mass is 10.0. The van der Waals surface area contributed by atoms with E-state index in [1.807, 2.05) is 31.4 Å². The lowest BCUT2D eigenvalue weighted by Crippen LogP contribution is -2.49. The van der Waals surface area contributed by atoms with Gasteiger partial charge < -0.3 is 20.5 Å². The number of nitrogens with zero attached hydrogens (tertiary/aromatic N) is 1. The van der Waals surface area contributed by atoms with Crippen LogP contribution in [-0.4, -0.2) is 43.7 Å². The molecule has 0 radical (unpaired) electrons. The van der Waals surface area contributed by atoms with Gasteiger partial charge in [-0.25, -0.2) is 5.43 Å². The lowest BCUT2D eigenvalue weighted by molar-refractivity contribution is -0.129. The molecule has 3 amide bonds. The molecule has 0 aliphatic heterocycles. The highest BCUT2D eigenvalue weighted by Crippen LogP contribution is 2.36. The summed E-state index contributed by atoms with van der Waals surface area (Å²) in [5.74, 6) is -0.730. The van der Waals surface area contributed by atoms with Crippen LogP contribution in [-0.2, 0) is 20.8 Å². The van der Waals surface area contributed by atoms with Gasteiger partial charge in [-0.15, -0.1) is 11.3 Å². The summed E-state index contributed by atoms with van der Waals surface area (Å²) in [4.78, 5) is 36.7. The van der Waals surface area contributed by atoms with Crippen molar-refractivity contribution in [2.24, 2.45) is 16.8 Å². The lowest BCUT2D eigenvalue weighted by Gasteiger charge is -2.20. The topological polar surface area (TPSA) is 132 Å². The Morgan fingerprint density at radius 3 is 2.66 bits per heavy atom. The molecule has 4 N–H and O–H groups in total. The van der Waals surface area contributed by atoms with Crippen molar-refractivity contribution < 1.29 is 23.9 Å². The maximum absolute atomic E-state index is 12.6. The van der Waals surface area contributed by atoms with Gasteiger partial charge in [0.05, 0.1) is 24.2 Å². The minimum Gasteiger partial charge on any atom is -0.493 e. The number of nitrogens with one attached hydrogen (secondary N) is 2. The van der Waals surface area contributed by atoms with E-state index in [4.69, 9.17) is 15.2 Å². The van der Waals surface area contributed by atoms with Crippen LogP contribution in [0.3, 0.4) is 0 Å². The molecule has 0 spiro atoms. The summed E-state index contributed by atoms with van der Waals surface area (Å²) in [7, 11) is 1.45. The van der Waals surface area contributed by atoms with Crippen LogP contribution < -0.4 is 25.9 Å². The van der Waals surface area contributed by atoms with E-state index in [1.165, 1.54) is 24.7 Å². The molecule has 2 rings (SSSR count). The Balaban J connectivity index is 2.02. The molecule has 0 aliphatic rings. The average molecular weight is 525 g/mol. The number of amides is 3. The molecule has 172 valence electrons. The predicted molar refractivity (Wildman–Crippen MR) is 126 cm³/mol. The second-order valence-electron chi connectivity index (χ2n) is 7.07. The summed E-state index contributed by atoms with van der Waals surface area (Å²) in [5, 5.41) is 8.64. The Morgan fingerprint density at radius 2 is 2.06 bits per heavy atom. The number of ether oxygens (including phenoxy) is 2. The maximum Gasteiger partial charge on any atom is 0.262 e. The smallest absolute Gasteiger partial charge is 0.262 e. The summed E-state index contributed by atoms with van der Waals surface area (Å²) in [5.41, 5.74) is 8.17. The van der Waals surface area contributed by atoms with Crippen LogP contribution >= 0.6 is 27.3 Å². The van der Waals surface area contributed by atoms with Crippen molar-refractivity contribution in [3.63, 3.8) is 0 Å². The van der Waals surface area contributed by atoms with Crippen molar-refractivity contribution in [2.45, 2.75) is 26.3 Å². The molecule has 0 saturated carbocycles. The fourth-order valence-electron chi connectivity index (χ4n) is 2.67. The standard InChI is InChI=1S/C21H25BrN4O5S/c1-12(2)19(25-18(28)9-14-5-4-6-32-14)21(29)26-24-10-13-7-15(22)20(16(8-13)30-3)31-11-17(23)27/h4-8,10,12,19H,9,11H2,1-3H3,(H2,23,27)(H,25,28)(H,26,29)/t19-/m1/s1. The zero-order valence-corrected chi connectivity index (χ0v) is 20.3. The number of hydrazone groups is 1. The number of hydrogen-bond donors (Lipinski definition) is 3. The van der Waals surface area contributed by atoms with E-state index in [-0.39, 0.29) is 24.9 Å². The summed E-state index contributed by atoms with van der Waals surface area (Å²) < 4.78 is 11.2. The molecule has 0 fully saturated rings. The summed E-state index contributed by atoms with van der Waals surface area (Å²) >= 11 is 4.84. The molecule has 0 saturated heterocycles. The van der Waals surface area contributed by atoms with Gasteiger partial charge in [0, 0.05) is 4.88 Å². The molecule has 1 aromatic heterocycles. The Labute approximate surface area is 198 Å². The molecule has 9 nitrogen and oxygen atoms in total. The van der Waals surface area contributed by atoms with E-state index in [0.717, 1.165) is 4.88 Å². The Hall–Kier alpha value is -2.92. The van der Waals surface area contributed by atoms with Gasteiger partial charge in [-0.05, 0) is 51.0 Å². The van der Waals surface area contributed by atoms with E-state index in [0.29, 0.717) is 21.5 Å². The number of halogens is 1. The Kier molecular flexibility index (Phi) is 9.66. The normalized spacial score (nSPS) is 11.9.